The molecule has 0 amide bonds. The molecule has 0 spiro atoms. The molecule has 0 aromatic heterocycles. The quantitative estimate of drug-likeness (QED) is 0.599. The molecule has 2 nitrogen and oxygen atoms in total. The summed E-state index contributed by atoms with van der Waals surface area (Å²) < 4.78 is 0. The van der Waals surface area contributed by atoms with Gasteiger partial charge in [0.1, 0.15) is 11.6 Å². The van der Waals surface area contributed by atoms with Crippen molar-refractivity contribution < 1.29 is 9.59 Å². The molecule has 3 rings (SSSR count). The Balaban J connectivity index is 1.91. The van der Waals surface area contributed by atoms with Gasteiger partial charge in [0.25, 0.3) is 0 Å². The minimum absolute atomic E-state index is 0.0368. The SMILES string of the molecule is CC(=O)C1(C(C)=O)[C@H]2[C@@H](/C=C/c3c(C)cc(C)cc3C)C=CC[C@H]21. The van der Waals surface area contributed by atoms with Crippen molar-refractivity contribution in [2.75, 3.05) is 0 Å². The zero-order chi connectivity index (χ0) is 17.6. The van der Waals surface area contributed by atoms with Crippen LogP contribution in [0.5, 0.6) is 0 Å². The fraction of sp³-hybridized carbons (Fsp3) is 0.455. The summed E-state index contributed by atoms with van der Waals surface area (Å²) in [5.41, 5.74) is 4.30. The van der Waals surface area contributed by atoms with E-state index in [9.17, 15) is 9.59 Å². The van der Waals surface area contributed by atoms with Gasteiger partial charge in [-0.05, 0) is 75.5 Å². The maximum Gasteiger partial charge on any atom is 0.143 e. The second-order valence-electron chi connectivity index (χ2n) is 7.53. The normalized spacial score (nSPS) is 27.1. The van der Waals surface area contributed by atoms with Crippen LogP contribution in [-0.4, -0.2) is 11.6 Å². The lowest BCUT2D eigenvalue weighted by molar-refractivity contribution is -0.133. The summed E-state index contributed by atoms with van der Waals surface area (Å²) in [5.74, 6) is 0.563. The molecule has 0 N–H and O–H groups in total. The van der Waals surface area contributed by atoms with Crippen molar-refractivity contribution in [1.82, 2.24) is 0 Å². The highest BCUT2D eigenvalue weighted by atomic mass is 16.2. The van der Waals surface area contributed by atoms with Gasteiger partial charge in [-0.25, -0.2) is 0 Å². The van der Waals surface area contributed by atoms with Gasteiger partial charge in [-0.3, -0.25) is 9.59 Å². The maximum atomic E-state index is 12.2. The van der Waals surface area contributed by atoms with Gasteiger partial charge < -0.3 is 0 Å². The van der Waals surface area contributed by atoms with Gasteiger partial charge in [0.05, 0.1) is 5.41 Å². The number of carbonyl (C=O) groups excluding carboxylic acids is 2. The van der Waals surface area contributed by atoms with Crippen LogP contribution >= 0.6 is 0 Å². The summed E-state index contributed by atoms with van der Waals surface area (Å²) >= 11 is 0. The standard InChI is InChI=1S/C22H26O2/c1-13-11-14(2)19(15(3)12-13)10-9-18-7-6-8-20-21(18)22(20,16(4)23)17(5)24/h6-7,9-12,18,20-21H,8H2,1-5H3/b10-9+/t18-,20-,21+/m1/s1. The van der Waals surface area contributed by atoms with E-state index in [-0.39, 0.29) is 29.3 Å². The second-order valence-corrected chi connectivity index (χ2v) is 7.53. The first-order valence-electron chi connectivity index (χ1n) is 8.75. The number of carbonyl (C=O) groups is 2. The molecule has 0 radical (unpaired) electrons. The minimum atomic E-state index is -0.740. The fourth-order valence-corrected chi connectivity index (χ4v) is 4.98. The molecule has 24 heavy (non-hydrogen) atoms. The third-order valence-electron chi connectivity index (χ3n) is 5.99. The molecule has 126 valence electrons. The monoisotopic (exact) mass is 322 g/mol. The average molecular weight is 322 g/mol. The smallest absolute Gasteiger partial charge is 0.143 e. The van der Waals surface area contributed by atoms with E-state index in [0.29, 0.717) is 0 Å². The lowest BCUT2D eigenvalue weighted by Crippen LogP contribution is -2.26. The fourth-order valence-electron chi connectivity index (χ4n) is 4.98. The van der Waals surface area contributed by atoms with Crippen LogP contribution in [0.4, 0.5) is 0 Å². The van der Waals surface area contributed by atoms with E-state index >= 15 is 0 Å². The molecule has 1 aromatic carbocycles. The number of hydrogen-bond acceptors (Lipinski definition) is 2. The lowest BCUT2D eigenvalue weighted by Gasteiger charge is -2.14. The van der Waals surface area contributed by atoms with Crippen LogP contribution in [0.1, 0.15) is 42.5 Å². The Hall–Kier alpha value is -1.96. The van der Waals surface area contributed by atoms with Crippen LogP contribution < -0.4 is 0 Å². The van der Waals surface area contributed by atoms with Crippen molar-refractivity contribution >= 4 is 17.6 Å². The Morgan fingerprint density at radius 2 is 1.67 bits per heavy atom. The topological polar surface area (TPSA) is 34.1 Å². The van der Waals surface area contributed by atoms with Gasteiger partial charge in [-0.2, -0.15) is 0 Å². The Morgan fingerprint density at radius 1 is 1.08 bits per heavy atom. The second kappa shape index (κ2) is 5.84. The lowest BCUT2D eigenvalue weighted by atomic mass is 9.87. The Bertz CT molecular complexity index is 729. The molecule has 1 fully saturated rings. The first kappa shape index (κ1) is 16.9. The Morgan fingerprint density at radius 3 is 2.21 bits per heavy atom. The Kier molecular flexibility index (Phi) is 4.11. The largest absolute Gasteiger partial charge is 0.299 e. The predicted molar refractivity (Wildman–Crippen MR) is 97.7 cm³/mol. The van der Waals surface area contributed by atoms with E-state index < -0.39 is 5.41 Å². The molecule has 0 heterocycles. The predicted octanol–water partition coefficient (Wildman–Crippen LogP) is 4.61. The van der Waals surface area contributed by atoms with Crippen LogP contribution in [0.25, 0.3) is 6.08 Å². The van der Waals surface area contributed by atoms with Crippen LogP contribution in [0, 0.1) is 43.9 Å². The number of fused-ring (bicyclic) bond motifs is 1. The molecule has 1 saturated carbocycles. The zero-order valence-corrected chi connectivity index (χ0v) is 15.2. The van der Waals surface area contributed by atoms with Gasteiger partial charge in [0, 0.05) is 0 Å². The molecule has 1 aromatic rings. The number of Topliss-reactive ketones (excluding diaryl/α,β-unsaturated/α-hetero) is 2. The minimum Gasteiger partial charge on any atom is -0.299 e. The molecular weight excluding hydrogens is 296 g/mol. The Labute approximate surface area is 144 Å². The van der Waals surface area contributed by atoms with Crippen LogP contribution in [-0.2, 0) is 9.59 Å². The highest BCUT2D eigenvalue weighted by Gasteiger charge is 2.72. The molecule has 0 aliphatic heterocycles. The van der Waals surface area contributed by atoms with E-state index in [1.54, 1.807) is 13.8 Å². The molecular formula is C22H26O2. The summed E-state index contributed by atoms with van der Waals surface area (Å²) in [6.07, 6.45) is 9.51. The van der Waals surface area contributed by atoms with Gasteiger partial charge in [-0.1, -0.05) is 42.0 Å². The van der Waals surface area contributed by atoms with Crippen molar-refractivity contribution in [3.63, 3.8) is 0 Å². The molecule has 0 saturated heterocycles. The molecule has 2 aliphatic carbocycles. The van der Waals surface area contributed by atoms with Crippen molar-refractivity contribution in [3.8, 4) is 0 Å². The van der Waals surface area contributed by atoms with Crippen molar-refractivity contribution in [1.29, 1.82) is 0 Å². The number of rotatable bonds is 4. The highest BCUT2D eigenvalue weighted by Crippen LogP contribution is 2.67. The van der Waals surface area contributed by atoms with Crippen LogP contribution in [0.2, 0.25) is 0 Å². The number of hydrogen-bond donors (Lipinski definition) is 0. The van der Waals surface area contributed by atoms with Crippen molar-refractivity contribution in [3.05, 3.63) is 52.6 Å². The number of allylic oxidation sites excluding steroid dienone is 3. The molecule has 2 heteroatoms. The highest BCUT2D eigenvalue weighted by molar-refractivity contribution is 6.09. The first-order chi connectivity index (χ1) is 11.3. The van der Waals surface area contributed by atoms with E-state index in [0.717, 1.165) is 6.42 Å². The molecule has 0 unspecified atom stereocenters. The number of aryl methyl sites for hydroxylation is 3. The zero-order valence-electron chi connectivity index (χ0n) is 15.2. The van der Waals surface area contributed by atoms with E-state index in [2.05, 4.69) is 57.2 Å². The number of benzene rings is 1. The number of ketones is 2. The average Bonchev–Trinajstić information content (AvgIpc) is 3.17. The van der Waals surface area contributed by atoms with Gasteiger partial charge in [-0.15, -0.1) is 0 Å². The summed E-state index contributed by atoms with van der Waals surface area (Å²) in [6.45, 7) is 9.53. The summed E-state index contributed by atoms with van der Waals surface area (Å²) in [4.78, 5) is 24.5. The first-order valence-corrected chi connectivity index (χ1v) is 8.75. The molecule has 3 atom stereocenters. The summed E-state index contributed by atoms with van der Waals surface area (Å²) in [5, 5.41) is 0. The van der Waals surface area contributed by atoms with E-state index in [1.807, 2.05) is 0 Å². The van der Waals surface area contributed by atoms with Crippen molar-refractivity contribution in [2.24, 2.45) is 23.2 Å². The van der Waals surface area contributed by atoms with Gasteiger partial charge >= 0.3 is 0 Å². The van der Waals surface area contributed by atoms with Crippen molar-refractivity contribution in [2.45, 2.75) is 41.0 Å². The third kappa shape index (κ3) is 2.40. The van der Waals surface area contributed by atoms with Crippen LogP contribution in [0.15, 0.2) is 30.4 Å². The van der Waals surface area contributed by atoms with Crippen LogP contribution in [0.3, 0.4) is 0 Å². The van der Waals surface area contributed by atoms with E-state index in [4.69, 9.17) is 0 Å². The third-order valence-corrected chi connectivity index (χ3v) is 5.99. The molecule has 0 bridgehead atoms. The van der Waals surface area contributed by atoms with Gasteiger partial charge in [0.15, 0.2) is 0 Å². The summed E-state index contributed by atoms with van der Waals surface area (Å²) in [7, 11) is 0. The van der Waals surface area contributed by atoms with E-state index in [1.165, 1.54) is 22.3 Å². The molecule has 2 aliphatic rings. The van der Waals surface area contributed by atoms with Gasteiger partial charge in [0.2, 0.25) is 0 Å². The maximum absolute atomic E-state index is 12.2. The summed E-state index contributed by atoms with van der Waals surface area (Å²) in [6, 6.07) is 4.39.